The van der Waals surface area contributed by atoms with Gasteiger partial charge in [-0.05, 0) is 32.1 Å². The van der Waals surface area contributed by atoms with E-state index in [4.69, 9.17) is 11.5 Å². The number of hydrogen-bond donors (Lipinski definition) is 3. The Balaban J connectivity index is 3.69. The van der Waals surface area contributed by atoms with Gasteiger partial charge >= 0.3 is 0 Å². The van der Waals surface area contributed by atoms with Gasteiger partial charge in [0.05, 0.1) is 0 Å². The molecule has 0 saturated heterocycles. The minimum atomic E-state index is 0.151. The zero-order chi connectivity index (χ0) is 15.6. The van der Waals surface area contributed by atoms with Gasteiger partial charge in [0, 0.05) is 12.6 Å². The Morgan fingerprint density at radius 3 is 2.15 bits per heavy atom. The molecule has 0 aromatic heterocycles. The molecule has 0 bridgehead atoms. The van der Waals surface area contributed by atoms with Crippen molar-refractivity contribution in [3.8, 4) is 0 Å². The summed E-state index contributed by atoms with van der Waals surface area (Å²) in [5.74, 6) is 0.674. The first-order valence-corrected chi connectivity index (χ1v) is 7.61. The highest BCUT2D eigenvalue weighted by Gasteiger charge is 2.08. The van der Waals surface area contributed by atoms with Crippen LogP contribution in [-0.4, -0.2) is 24.5 Å². The summed E-state index contributed by atoms with van der Waals surface area (Å²) >= 11 is 0. The van der Waals surface area contributed by atoms with Crippen molar-refractivity contribution in [2.45, 2.75) is 72.8 Å². The molecule has 0 amide bonds. The van der Waals surface area contributed by atoms with Crippen molar-refractivity contribution in [2.75, 3.05) is 6.54 Å². The van der Waals surface area contributed by atoms with Crippen LogP contribution in [-0.2, 0) is 0 Å². The zero-order valence-corrected chi connectivity index (χ0v) is 13.9. The number of unbranched alkanes of at least 4 members (excludes halogenated alkanes) is 3. The van der Waals surface area contributed by atoms with Gasteiger partial charge in [-0.1, -0.05) is 40.0 Å². The summed E-state index contributed by atoms with van der Waals surface area (Å²) in [5, 5.41) is 2.79. The Morgan fingerprint density at radius 2 is 1.60 bits per heavy atom. The SMILES string of the molecule is CC(C)N=C(N)NC(N)=NCCCCCCC(C)(C)C. The van der Waals surface area contributed by atoms with Gasteiger partial charge in [-0.25, -0.2) is 0 Å². The van der Waals surface area contributed by atoms with Gasteiger partial charge in [0.1, 0.15) is 0 Å². The largest absolute Gasteiger partial charge is 0.370 e. The fraction of sp³-hybridized carbons (Fsp3) is 0.867. The topological polar surface area (TPSA) is 88.8 Å². The maximum atomic E-state index is 5.73. The number of aliphatic imine (C=N–C) groups is 2. The first kappa shape index (κ1) is 18.7. The second-order valence-corrected chi connectivity index (χ2v) is 6.72. The van der Waals surface area contributed by atoms with E-state index in [9.17, 15) is 0 Å². The van der Waals surface area contributed by atoms with Crippen LogP contribution in [0.25, 0.3) is 0 Å². The van der Waals surface area contributed by atoms with Crippen molar-refractivity contribution in [1.29, 1.82) is 0 Å². The molecular weight excluding hydrogens is 250 g/mol. The molecule has 0 radical (unpaired) electrons. The van der Waals surface area contributed by atoms with Crippen molar-refractivity contribution in [3.63, 3.8) is 0 Å². The van der Waals surface area contributed by atoms with Crippen LogP contribution in [0.5, 0.6) is 0 Å². The second kappa shape index (κ2) is 9.61. The molecule has 0 saturated carbocycles. The van der Waals surface area contributed by atoms with Crippen LogP contribution < -0.4 is 16.8 Å². The summed E-state index contributed by atoms with van der Waals surface area (Å²) < 4.78 is 0. The van der Waals surface area contributed by atoms with Gasteiger partial charge in [-0.15, -0.1) is 0 Å². The molecule has 0 aromatic rings. The third-order valence-corrected chi connectivity index (χ3v) is 2.77. The van der Waals surface area contributed by atoms with E-state index in [-0.39, 0.29) is 6.04 Å². The number of nitrogens with zero attached hydrogens (tertiary/aromatic N) is 2. The smallest absolute Gasteiger partial charge is 0.195 e. The standard InChI is InChI=1S/C15H33N5/c1-12(2)19-14(17)20-13(16)18-11-9-7-6-8-10-15(3,4)5/h12H,6-11H2,1-5H3,(H5,16,17,18,19,20). The molecule has 118 valence electrons. The Morgan fingerprint density at radius 1 is 1.00 bits per heavy atom. The van der Waals surface area contributed by atoms with E-state index in [1.54, 1.807) is 0 Å². The average Bonchev–Trinajstić information content (AvgIpc) is 2.24. The minimum absolute atomic E-state index is 0.151. The van der Waals surface area contributed by atoms with E-state index in [0.717, 1.165) is 13.0 Å². The molecule has 0 fully saturated rings. The number of nitrogens with two attached hydrogens (primary N) is 2. The van der Waals surface area contributed by atoms with E-state index in [1.807, 2.05) is 13.8 Å². The highest BCUT2D eigenvalue weighted by atomic mass is 15.2. The van der Waals surface area contributed by atoms with Gasteiger partial charge in [0.15, 0.2) is 11.9 Å². The van der Waals surface area contributed by atoms with Crippen LogP contribution in [0.4, 0.5) is 0 Å². The zero-order valence-electron chi connectivity index (χ0n) is 13.9. The molecule has 0 aliphatic heterocycles. The first-order chi connectivity index (χ1) is 9.20. The Kier molecular flexibility index (Phi) is 9.01. The van der Waals surface area contributed by atoms with Crippen molar-refractivity contribution >= 4 is 11.9 Å². The fourth-order valence-electron chi connectivity index (χ4n) is 1.80. The molecule has 0 spiro atoms. The average molecular weight is 283 g/mol. The predicted molar refractivity (Wildman–Crippen MR) is 88.9 cm³/mol. The molecule has 0 aliphatic carbocycles. The molecule has 0 heterocycles. The van der Waals surface area contributed by atoms with Crippen LogP contribution in [0, 0.1) is 5.41 Å². The Bertz CT molecular complexity index is 313. The van der Waals surface area contributed by atoms with Crippen molar-refractivity contribution < 1.29 is 0 Å². The van der Waals surface area contributed by atoms with Gasteiger partial charge in [0.2, 0.25) is 0 Å². The van der Waals surface area contributed by atoms with Gasteiger partial charge in [-0.2, -0.15) is 0 Å². The quantitative estimate of drug-likeness (QED) is 0.381. The second-order valence-electron chi connectivity index (χ2n) is 6.72. The Hall–Kier alpha value is -1.26. The normalized spacial score (nSPS) is 13.9. The molecule has 0 atom stereocenters. The molecule has 20 heavy (non-hydrogen) atoms. The van der Waals surface area contributed by atoms with E-state index in [1.165, 1.54) is 25.7 Å². The summed E-state index contributed by atoms with van der Waals surface area (Å²) in [4.78, 5) is 8.37. The van der Waals surface area contributed by atoms with E-state index >= 15 is 0 Å². The highest BCUT2D eigenvalue weighted by Crippen LogP contribution is 2.22. The van der Waals surface area contributed by atoms with Crippen LogP contribution in [0.2, 0.25) is 0 Å². The van der Waals surface area contributed by atoms with Crippen LogP contribution in [0.15, 0.2) is 9.98 Å². The molecule has 5 N–H and O–H groups in total. The fourth-order valence-corrected chi connectivity index (χ4v) is 1.80. The molecule has 0 aliphatic rings. The summed E-state index contributed by atoms with van der Waals surface area (Å²) in [6.07, 6.45) is 6.09. The monoisotopic (exact) mass is 283 g/mol. The lowest BCUT2D eigenvalue weighted by Crippen LogP contribution is -2.42. The van der Waals surface area contributed by atoms with E-state index in [0.29, 0.717) is 17.3 Å². The maximum absolute atomic E-state index is 5.73. The van der Waals surface area contributed by atoms with Gasteiger partial charge < -0.3 is 11.5 Å². The lowest BCUT2D eigenvalue weighted by molar-refractivity contribution is 0.357. The maximum Gasteiger partial charge on any atom is 0.195 e. The lowest BCUT2D eigenvalue weighted by Gasteiger charge is -2.17. The number of hydrogen-bond acceptors (Lipinski definition) is 2. The third-order valence-electron chi connectivity index (χ3n) is 2.77. The van der Waals surface area contributed by atoms with Crippen molar-refractivity contribution in [1.82, 2.24) is 5.32 Å². The predicted octanol–water partition coefficient (Wildman–Crippen LogP) is 2.61. The molecule has 0 aromatic carbocycles. The summed E-state index contributed by atoms with van der Waals surface area (Å²) in [7, 11) is 0. The molecular formula is C15H33N5. The summed E-state index contributed by atoms with van der Waals surface area (Å²) in [6, 6.07) is 0.151. The van der Waals surface area contributed by atoms with Gasteiger partial charge in [0.25, 0.3) is 0 Å². The highest BCUT2D eigenvalue weighted by molar-refractivity contribution is 5.97. The summed E-state index contributed by atoms with van der Waals surface area (Å²) in [5.41, 5.74) is 11.8. The summed E-state index contributed by atoms with van der Waals surface area (Å²) in [6.45, 7) is 11.5. The molecule has 0 unspecified atom stereocenters. The Labute approximate surface area is 124 Å². The van der Waals surface area contributed by atoms with Crippen LogP contribution in [0.1, 0.15) is 66.7 Å². The van der Waals surface area contributed by atoms with Crippen molar-refractivity contribution in [3.05, 3.63) is 0 Å². The van der Waals surface area contributed by atoms with E-state index in [2.05, 4.69) is 36.1 Å². The number of rotatable bonds is 7. The van der Waals surface area contributed by atoms with Crippen LogP contribution >= 0.6 is 0 Å². The first-order valence-electron chi connectivity index (χ1n) is 7.61. The molecule has 0 rings (SSSR count). The molecule has 5 heteroatoms. The minimum Gasteiger partial charge on any atom is -0.370 e. The van der Waals surface area contributed by atoms with Crippen LogP contribution in [0.3, 0.4) is 0 Å². The number of guanidine groups is 2. The third kappa shape index (κ3) is 13.2. The lowest BCUT2D eigenvalue weighted by atomic mass is 9.89. The molecule has 5 nitrogen and oxygen atoms in total. The van der Waals surface area contributed by atoms with Crippen molar-refractivity contribution in [2.24, 2.45) is 26.9 Å². The van der Waals surface area contributed by atoms with E-state index < -0.39 is 0 Å². The van der Waals surface area contributed by atoms with Gasteiger partial charge in [-0.3, -0.25) is 15.3 Å². The number of nitrogens with one attached hydrogen (secondary N) is 1.